The van der Waals surface area contributed by atoms with Crippen LogP contribution in [0, 0.1) is 0 Å². The molecule has 2 N–H and O–H groups in total. The summed E-state index contributed by atoms with van der Waals surface area (Å²) in [5.74, 6) is -0.833. The zero-order chi connectivity index (χ0) is 16.4. The second kappa shape index (κ2) is 9.19. The fourth-order valence-corrected chi connectivity index (χ4v) is 4.75. The van der Waals surface area contributed by atoms with E-state index in [4.69, 9.17) is 15.0 Å². The van der Waals surface area contributed by atoms with Crippen molar-refractivity contribution < 1.29 is 19.6 Å². The van der Waals surface area contributed by atoms with E-state index in [1.165, 1.54) is 0 Å². The molecule has 0 saturated carbocycles. The van der Waals surface area contributed by atoms with Gasteiger partial charge in [0.05, 0.1) is 0 Å². The molecule has 0 bridgehead atoms. The molecule has 2 aromatic carbocycles. The van der Waals surface area contributed by atoms with Crippen LogP contribution in [-0.4, -0.2) is 29.0 Å². The maximum atomic E-state index is 13.3. The van der Waals surface area contributed by atoms with E-state index in [1.54, 1.807) is 0 Å². The normalized spacial score (nSPS) is 10.5. The number of hydrogen-bond acceptors (Lipinski definition) is 3. The lowest BCUT2D eigenvalue weighted by atomic mass is 10.4. The predicted molar refractivity (Wildman–Crippen MR) is 89.6 cm³/mol. The molecule has 0 aliphatic heterocycles. The first-order valence-corrected chi connectivity index (χ1v) is 8.90. The molecule has 0 amide bonds. The highest BCUT2D eigenvalue weighted by Crippen LogP contribution is 2.43. The molecule has 2 rings (SSSR count). The third-order valence-electron chi connectivity index (χ3n) is 2.98. The summed E-state index contributed by atoms with van der Waals surface area (Å²) in [6, 6.07) is 19.1. The average Bonchev–Trinajstić information content (AvgIpc) is 2.54. The largest absolute Gasteiger partial charge is 0.481 e. The second-order valence-corrected chi connectivity index (χ2v) is 7.69. The van der Waals surface area contributed by atoms with Gasteiger partial charge in [0.25, 0.3) is 5.97 Å². The Kier molecular flexibility index (Phi) is 7.58. The van der Waals surface area contributed by atoms with Crippen LogP contribution in [0.2, 0.25) is 0 Å². The minimum Gasteiger partial charge on any atom is -0.481 e. The Labute approximate surface area is 130 Å². The molecular formula is C17H21O4P. The molecule has 0 unspecified atom stereocenters. The van der Waals surface area contributed by atoms with E-state index in [-0.39, 0.29) is 6.61 Å². The molecule has 0 aliphatic carbocycles. The third kappa shape index (κ3) is 5.47. The zero-order valence-electron chi connectivity index (χ0n) is 12.6. The molecular weight excluding hydrogens is 299 g/mol. The molecule has 0 radical (unpaired) electrons. The van der Waals surface area contributed by atoms with Gasteiger partial charge in [0, 0.05) is 30.3 Å². The van der Waals surface area contributed by atoms with Gasteiger partial charge in [0.1, 0.15) is 7.14 Å². The van der Waals surface area contributed by atoms with Crippen molar-refractivity contribution in [1.29, 1.82) is 0 Å². The van der Waals surface area contributed by atoms with Crippen LogP contribution >= 0.6 is 7.14 Å². The number of benzene rings is 2. The fourth-order valence-electron chi connectivity index (χ4n) is 2.04. The Morgan fingerprint density at radius 2 is 1.32 bits per heavy atom. The molecule has 0 saturated heterocycles. The quantitative estimate of drug-likeness (QED) is 0.830. The summed E-state index contributed by atoms with van der Waals surface area (Å²) in [6.45, 7) is 1.16. The third-order valence-corrected chi connectivity index (χ3v) is 6.19. The summed E-state index contributed by atoms with van der Waals surface area (Å²) >= 11 is 0. The predicted octanol–water partition coefficient (Wildman–Crippen LogP) is 2.47. The van der Waals surface area contributed by atoms with Crippen molar-refractivity contribution in [3.8, 4) is 0 Å². The zero-order valence-corrected chi connectivity index (χ0v) is 13.4. The first-order valence-electron chi connectivity index (χ1n) is 7.01. The lowest BCUT2D eigenvalue weighted by molar-refractivity contribution is -0.134. The Hall–Kier alpha value is -1.90. The lowest BCUT2D eigenvalue weighted by Crippen LogP contribution is -2.18. The van der Waals surface area contributed by atoms with E-state index in [0.29, 0.717) is 12.6 Å². The highest BCUT2D eigenvalue weighted by atomic mass is 31.2. The van der Waals surface area contributed by atoms with Crippen LogP contribution in [0.3, 0.4) is 0 Å². The number of rotatable bonds is 5. The maximum Gasteiger partial charge on any atom is 0.300 e. The van der Waals surface area contributed by atoms with Gasteiger partial charge in [0.2, 0.25) is 0 Å². The molecule has 0 spiro atoms. The summed E-state index contributed by atoms with van der Waals surface area (Å²) in [7, 11) is -2.60. The van der Waals surface area contributed by atoms with Crippen LogP contribution < -0.4 is 10.6 Å². The first kappa shape index (κ1) is 18.1. The van der Waals surface area contributed by atoms with Gasteiger partial charge in [-0.3, -0.25) is 4.79 Å². The average molecular weight is 320 g/mol. The van der Waals surface area contributed by atoms with Gasteiger partial charge in [-0.05, 0) is 6.42 Å². The molecule has 118 valence electrons. The fraction of sp³-hybridized carbons (Fsp3) is 0.235. The number of carboxylic acid groups (broad SMARTS) is 1. The molecule has 2 aromatic rings. The van der Waals surface area contributed by atoms with E-state index < -0.39 is 13.1 Å². The van der Waals surface area contributed by atoms with Gasteiger partial charge >= 0.3 is 0 Å². The van der Waals surface area contributed by atoms with Crippen molar-refractivity contribution in [3.05, 3.63) is 60.7 Å². The van der Waals surface area contributed by atoms with Gasteiger partial charge in [-0.15, -0.1) is 0 Å². The monoisotopic (exact) mass is 320 g/mol. The smallest absolute Gasteiger partial charge is 0.300 e. The summed E-state index contributed by atoms with van der Waals surface area (Å²) in [5, 5.41) is 18.1. The molecule has 0 fully saturated rings. The van der Waals surface area contributed by atoms with E-state index in [2.05, 4.69) is 0 Å². The van der Waals surface area contributed by atoms with Crippen molar-refractivity contribution in [2.24, 2.45) is 0 Å². The highest BCUT2D eigenvalue weighted by Gasteiger charge is 2.25. The van der Waals surface area contributed by atoms with Gasteiger partial charge in [-0.2, -0.15) is 0 Å². The van der Waals surface area contributed by atoms with Gasteiger partial charge in [-0.1, -0.05) is 60.7 Å². The van der Waals surface area contributed by atoms with Crippen molar-refractivity contribution in [2.75, 3.05) is 12.8 Å². The SMILES string of the molecule is CC(=O)O.O=P(CCCO)(c1ccccc1)c1ccccc1. The van der Waals surface area contributed by atoms with Crippen molar-refractivity contribution in [3.63, 3.8) is 0 Å². The molecule has 22 heavy (non-hydrogen) atoms. The summed E-state index contributed by atoms with van der Waals surface area (Å²) < 4.78 is 13.3. The number of aliphatic hydroxyl groups excluding tert-OH is 1. The Morgan fingerprint density at radius 3 is 1.64 bits per heavy atom. The Bertz CT molecular complexity index is 564. The molecule has 4 nitrogen and oxygen atoms in total. The summed E-state index contributed by atoms with van der Waals surface area (Å²) in [5.41, 5.74) is 0. The topological polar surface area (TPSA) is 74.6 Å². The van der Waals surface area contributed by atoms with Crippen LogP contribution in [0.1, 0.15) is 13.3 Å². The van der Waals surface area contributed by atoms with Gasteiger partial charge in [0.15, 0.2) is 0 Å². The standard InChI is InChI=1S/C15H17O2P.C2H4O2/c16-12-7-13-18(17,14-8-3-1-4-9-14)15-10-5-2-6-11-15;1-2(3)4/h1-6,8-11,16H,7,12-13H2;1H3,(H,3,4). The van der Waals surface area contributed by atoms with Crippen LogP contribution in [-0.2, 0) is 9.36 Å². The van der Waals surface area contributed by atoms with Gasteiger partial charge in [-0.25, -0.2) is 0 Å². The minimum absolute atomic E-state index is 0.0731. The summed E-state index contributed by atoms with van der Waals surface area (Å²) in [4.78, 5) is 9.00. The molecule has 0 aliphatic rings. The van der Waals surface area contributed by atoms with Crippen LogP contribution in [0.5, 0.6) is 0 Å². The lowest BCUT2D eigenvalue weighted by Gasteiger charge is -2.18. The first-order chi connectivity index (χ1) is 10.5. The minimum atomic E-state index is -2.60. The van der Waals surface area contributed by atoms with Crippen molar-refractivity contribution in [2.45, 2.75) is 13.3 Å². The molecule has 0 heterocycles. The molecule has 5 heteroatoms. The van der Waals surface area contributed by atoms with Gasteiger partial charge < -0.3 is 14.8 Å². The Balaban J connectivity index is 0.000000541. The molecule has 0 aromatic heterocycles. The second-order valence-electron chi connectivity index (χ2n) is 4.73. The number of hydrogen-bond donors (Lipinski definition) is 2. The number of carbonyl (C=O) groups is 1. The van der Waals surface area contributed by atoms with E-state index in [0.717, 1.165) is 17.5 Å². The van der Waals surface area contributed by atoms with E-state index in [9.17, 15) is 4.57 Å². The number of aliphatic hydroxyl groups is 1. The number of aliphatic carboxylic acids is 1. The van der Waals surface area contributed by atoms with Crippen molar-refractivity contribution >= 4 is 23.7 Å². The van der Waals surface area contributed by atoms with Crippen molar-refractivity contribution in [1.82, 2.24) is 0 Å². The number of carboxylic acids is 1. The maximum absolute atomic E-state index is 13.3. The Morgan fingerprint density at radius 1 is 0.955 bits per heavy atom. The van der Waals surface area contributed by atoms with E-state index >= 15 is 0 Å². The van der Waals surface area contributed by atoms with Crippen LogP contribution in [0.15, 0.2) is 60.7 Å². The molecule has 0 atom stereocenters. The summed E-state index contributed by atoms with van der Waals surface area (Å²) in [6.07, 6.45) is 1.07. The van der Waals surface area contributed by atoms with E-state index in [1.807, 2.05) is 60.7 Å². The van der Waals surface area contributed by atoms with Crippen LogP contribution in [0.4, 0.5) is 0 Å². The highest BCUT2D eigenvalue weighted by molar-refractivity contribution is 7.78. The van der Waals surface area contributed by atoms with Crippen LogP contribution in [0.25, 0.3) is 0 Å².